The zero-order valence-electron chi connectivity index (χ0n) is 39.9. The van der Waals surface area contributed by atoms with Gasteiger partial charge in [-0.2, -0.15) is 0 Å². The van der Waals surface area contributed by atoms with Crippen molar-refractivity contribution in [1.82, 2.24) is 21.3 Å². The van der Waals surface area contributed by atoms with Crippen LogP contribution in [0.2, 0.25) is 0 Å². The number of aliphatic hydroxyl groups excluding tert-OH is 8. The first kappa shape index (κ1) is 58.0. The number of esters is 1. The standard InChI is InChI=1S/C40H65N4O27P/c1-11-25(51)28(54)21(41-13(3)46)37(62-11)69-35-24(44-16(6)49)36-61-9-19-26(52)30(56)31(57)40(65-19)71-72(58,59)70-32-12(2)63-38(22(29(32)55)42-14(4)47)68-34-23(43-15(5)48)39(64-18(8-45)27(34)53)67-33(35)20(66-36)10-60-17(7)50/h11-12,18-40,45,51-57H,8-10H2,1-7H3,(H,41,46)(H,42,47)(H,43,48)(H,44,49)(H,58,59)/t11-,12-,18+,19+,20+,21-,22-,23+,24+,25-,26+,27+,28-,29-,30-,31+,32-,33-,34+,35+,36-,37-,38-,39-,40+/m0/s1. The summed E-state index contributed by atoms with van der Waals surface area (Å²) in [5.74, 6) is -4.08. The summed E-state index contributed by atoms with van der Waals surface area (Å²) < 4.78 is 85.1. The highest BCUT2D eigenvalue weighted by Crippen LogP contribution is 2.50. The van der Waals surface area contributed by atoms with E-state index in [2.05, 4.69) is 21.3 Å². The summed E-state index contributed by atoms with van der Waals surface area (Å²) in [5.41, 5.74) is 0. The number of hydrogen-bond acceptors (Lipinski definition) is 26. The lowest BCUT2D eigenvalue weighted by molar-refractivity contribution is -0.367. The molecule has 26 atom stereocenters. The van der Waals surface area contributed by atoms with Gasteiger partial charge in [0.15, 0.2) is 31.5 Å². The maximum absolute atomic E-state index is 13.7. The van der Waals surface area contributed by atoms with Gasteiger partial charge in [0, 0.05) is 34.6 Å². The summed E-state index contributed by atoms with van der Waals surface area (Å²) in [6.07, 6.45) is -38.9. The SMILES string of the molecule is CC(=O)N[C@@H]1[C@H](O[C@@H]2[C@@H](NC(C)=O)[C@H]3OC[C@H]4O[C@H](OP(=O)(O)O[C@@H]5[C@@H](O)[C@H](NC(C)=O)[C@H](O[C@H]6[C@H](O)[C@@H](CO)O[C@@H](O[C@H]2[C@@H](COC(C)=O)O3)[C@@H]6NC(C)=O)O[C@H]5C)[C@H](O)[C@@H](O)[C@@H]4O)O[C@@H](C)[C@H](O)[C@H]1O. The minimum atomic E-state index is -5.59. The molecule has 9 rings (SSSR count). The number of hydrogen-bond donors (Lipinski definition) is 13. The van der Waals surface area contributed by atoms with E-state index in [0.717, 1.165) is 34.6 Å². The van der Waals surface area contributed by atoms with Crippen LogP contribution >= 0.6 is 7.82 Å². The van der Waals surface area contributed by atoms with Crippen LogP contribution in [0.3, 0.4) is 0 Å². The van der Waals surface area contributed by atoms with Crippen molar-refractivity contribution in [3.63, 3.8) is 0 Å². The minimum Gasteiger partial charge on any atom is -0.463 e. The maximum Gasteiger partial charge on any atom is 0.475 e. The van der Waals surface area contributed by atoms with E-state index in [1.165, 1.54) is 13.8 Å². The van der Waals surface area contributed by atoms with E-state index in [0.29, 0.717) is 0 Å². The van der Waals surface area contributed by atoms with Crippen LogP contribution in [0.5, 0.6) is 0 Å². The van der Waals surface area contributed by atoms with Crippen molar-refractivity contribution < 1.29 is 131 Å². The molecule has 0 aromatic carbocycles. The Morgan fingerprint density at radius 3 is 1.72 bits per heavy atom. The third kappa shape index (κ3) is 13.4. The van der Waals surface area contributed by atoms with Gasteiger partial charge in [0.2, 0.25) is 23.6 Å². The first-order valence-electron chi connectivity index (χ1n) is 22.9. The fourth-order valence-electron chi connectivity index (χ4n) is 9.14. The van der Waals surface area contributed by atoms with Crippen molar-refractivity contribution in [1.29, 1.82) is 0 Å². The van der Waals surface area contributed by atoms with Gasteiger partial charge in [-0.25, -0.2) is 4.57 Å². The van der Waals surface area contributed by atoms with E-state index in [9.17, 15) is 74.3 Å². The largest absolute Gasteiger partial charge is 0.475 e. The van der Waals surface area contributed by atoms with Gasteiger partial charge in [0.05, 0.1) is 25.4 Å². The lowest BCUT2D eigenvalue weighted by Crippen LogP contribution is -2.72. The summed E-state index contributed by atoms with van der Waals surface area (Å²) >= 11 is 0. The van der Waals surface area contributed by atoms with Gasteiger partial charge in [-0.3, -0.25) is 33.0 Å². The summed E-state index contributed by atoms with van der Waals surface area (Å²) in [5, 5.41) is 99.1. The third-order valence-corrected chi connectivity index (χ3v) is 13.5. The number of aliphatic hydroxyl groups is 8. The number of carbonyl (C=O) groups excluding carboxylic acids is 5. The molecule has 0 radical (unpaired) electrons. The van der Waals surface area contributed by atoms with E-state index >= 15 is 0 Å². The molecule has 0 saturated carbocycles. The van der Waals surface area contributed by atoms with Crippen LogP contribution < -0.4 is 21.3 Å². The molecule has 13 N–H and O–H groups in total. The Kier molecular flexibility index (Phi) is 19.5. The number of rotatable bonds is 9. The van der Waals surface area contributed by atoms with Crippen LogP contribution in [0.4, 0.5) is 0 Å². The quantitative estimate of drug-likeness (QED) is 0.0753. The lowest BCUT2D eigenvalue weighted by Gasteiger charge is -2.52. The van der Waals surface area contributed by atoms with Crippen LogP contribution in [-0.2, 0) is 85.0 Å². The minimum absolute atomic E-state index is 0.737. The molecule has 31 nitrogen and oxygen atoms in total. The van der Waals surface area contributed by atoms with Crippen molar-refractivity contribution in [3.8, 4) is 0 Å². The van der Waals surface area contributed by atoms with E-state index in [4.69, 9.17) is 56.4 Å². The van der Waals surface area contributed by atoms with Crippen LogP contribution in [0.1, 0.15) is 48.5 Å². The Morgan fingerprint density at radius 2 is 1.11 bits per heavy atom. The van der Waals surface area contributed by atoms with Gasteiger partial charge < -0.3 is 114 Å². The van der Waals surface area contributed by atoms with Gasteiger partial charge in [-0.15, -0.1) is 0 Å². The Labute approximate surface area is 410 Å². The molecule has 4 amide bonds. The second-order valence-electron chi connectivity index (χ2n) is 18.2. The molecule has 0 aromatic rings. The van der Waals surface area contributed by atoms with Crippen molar-refractivity contribution in [2.75, 3.05) is 19.8 Å². The summed E-state index contributed by atoms with van der Waals surface area (Å²) in [6, 6.07) is -6.77. The zero-order valence-corrected chi connectivity index (χ0v) is 40.8. The van der Waals surface area contributed by atoms with Gasteiger partial charge in [-0.05, 0) is 13.8 Å². The molecule has 72 heavy (non-hydrogen) atoms. The molecule has 0 aliphatic carbocycles. The Morgan fingerprint density at radius 1 is 0.542 bits per heavy atom. The van der Waals surface area contributed by atoms with Crippen molar-refractivity contribution in [3.05, 3.63) is 0 Å². The molecule has 0 spiro atoms. The Balaban J connectivity index is 1.55. The van der Waals surface area contributed by atoms with Gasteiger partial charge >= 0.3 is 13.8 Å². The summed E-state index contributed by atoms with van der Waals surface area (Å²) in [6.45, 7) is 5.17. The summed E-state index contributed by atoms with van der Waals surface area (Å²) in [7, 11) is -5.59. The molecule has 32 heteroatoms. The van der Waals surface area contributed by atoms with Crippen molar-refractivity contribution in [2.45, 2.75) is 202 Å². The Bertz CT molecular complexity index is 1960. The number of carbonyl (C=O) groups is 5. The highest BCUT2D eigenvalue weighted by Gasteiger charge is 2.59. The van der Waals surface area contributed by atoms with Gasteiger partial charge in [0.25, 0.3) is 0 Å². The highest BCUT2D eigenvalue weighted by atomic mass is 31.2. The number of amides is 4. The monoisotopic (exact) mass is 1060 g/mol. The fourth-order valence-corrected chi connectivity index (χ4v) is 10.2. The normalized spacial score (nSPS) is 47.0. The molecular formula is C40H65N4O27P. The predicted molar refractivity (Wildman–Crippen MR) is 227 cm³/mol. The van der Waals surface area contributed by atoms with Crippen molar-refractivity contribution >= 4 is 37.4 Å². The average Bonchev–Trinajstić information content (AvgIpc) is 3.28. The number of phosphoric ester groups is 1. The maximum atomic E-state index is 13.7. The van der Waals surface area contributed by atoms with Gasteiger partial charge in [0.1, 0.15) is 116 Å². The molecule has 8 bridgehead atoms. The fraction of sp³-hybridized carbons (Fsp3) is 0.875. The van der Waals surface area contributed by atoms with Crippen molar-refractivity contribution in [2.24, 2.45) is 0 Å². The highest BCUT2D eigenvalue weighted by molar-refractivity contribution is 7.47. The van der Waals surface area contributed by atoms with Crippen LogP contribution in [0.25, 0.3) is 0 Å². The second-order valence-corrected chi connectivity index (χ2v) is 19.5. The first-order chi connectivity index (χ1) is 33.7. The smallest absolute Gasteiger partial charge is 0.463 e. The zero-order chi connectivity index (χ0) is 53.3. The predicted octanol–water partition coefficient (Wildman–Crippen LogP) is -7.56. The first-order valence-corrected chi connectivity index (χ1v) is 24.3. The lowest BCUT2D eigenvalue weighted by atomic mass is 9.93. The van der Waals surface area contributed by atoms with E-state index < -0.39 is 211 Å². The number of phosphoric acid groups is 1. The van der Waals surface area contributed by atoms with Crippen LogP contribution in [-0.4, -0.2) is 248 Å². The topological polar surface area (TPSA) is 443 Å². The summed E-state index contributed by atoms with van der Waals surface area (Å²) in [4.78, 5) is 74.9. The van der Waals surface area contributed by atoms with Crippen LogP contribution in [0, 0.1) is 0 Å². The second kappa shape index (κ2) is 24.2. The van der Waals surface area contributed by atoms with E-state index in [1.54, 1.807) is 0 Å². The van der Waals surface area contributed by atoms with Crippen LogP contribution in [0.15, 0.2) is 0 Å². The Hall–Kier alpha value is -3.22. The third-order valence-electron chi connectivity index (χ3n) is 12.5. The molecule has 9 heterocycles. The average molecular weight is 1060 g/mol. The molecule has 1 unspecified atom stereocenters. The van der Waals surface area contributed by atoms with Gasteiger partial charge in [-0.1, -0.05) is 0 Å². The number of nitrogens with one attached hydrogen (secondary N) is 4. The molecule has 9 saturated heterocycles. The molecule has 9 aliphatic rings. The molecule has 9 aliphatic heterocycles. The van der Waals surface area contributed by atoms with E-state index in [-0.39, 0.29) is 0 Å². The molecular weight excluding hydrogens is 999 g/mol. The number of ether oxygens (including phenoxy) is 10. The molecule has 9 fully saturated rings. The molecule has 0 aromatic heterocycles. The molecule has 412 valence electrons. The van der Waals surface area contributed by atoms with E-state index in [1.807, 2.05) is 0 Å².